The minimum atomic E-state index is 0.0784. The van der Waals surface area contributed by atoms with Crippen LogP contribution in [-0.2, 0) is 9.53 Å². The van der Waals surface area contributed by atoms with Crippen LogP contribution in [0.25, 0.3) is 0 Å². The molecule has 0 bridgehead atoms. The number of hydrogen-bond donors (Lipinski definition) is 0. The number of hydrogen-bond acceptors (Lipinski definition) is 3. The second-order valence-corrected chi connectivity index (χ2v) is 5.98. The molecule has 2 aliphatic heterocycles. The van der Waals surface area contributed by atoms with Crippen molar-refractivity contribution in [2.75, 3.05) is 38.8 Å². The highest BCUT2D eigenvalue weighted by atomic mass is 16.5. The van der Waals surface area contributed by atoms with Crippen molar-refractivity contribution in [3.63, 3.8) is 0 Å². The van der Waals surface area contributed by atoms with Gasteiger partial charge in [0.25, 0.3) is 5.91 Å². The summed E-state index contributed by atoms with van der Waals surface area (Å²) in [5, 5.41) is 0. The smallest absolute Gasteiger partial charge is 0.253 e. The van der Waals surface area contributed by atoms with Gasteiger partial charge in [-0.05, 0) is 38.6 Å². The predicted octanol–water partition coefficient (Wildman–Crippen LogP) is 1.78. The molecule has 0 unspecified atom stereocenters. The van der Waals surface area contributed by atoms with E-state index in [0.717, 1.165) is 25.2 Å². The van der Waals surface area contributed by atoms with Crippen LogP contribution in [0.2, 0.25) is 0 Å². The van der Waals surface area contributed by atoms with Crippen LogP contribution < -0.4 is 4.90 Å². The number of anilines is 1. The molecule has 0 N–H and O–H groups in total. The van der Waals surface area contributed by atoms with Crippen molar-refractivity contribution in [1.29, 1.82) is 0 Å². The number of carbonyl (C=O) groups is 1. The Morgan fingerprint density at radius 1 is 1.45 bits per heavy atom. The second-order valence-electron chi connectivity index (χ2n) is 5.98. The van der Waals surface area contributed by atoms with Gasteiger partial charge in [0.2, 0.25) is 0 Å². The third-order valence-electron chi connectivity index (χ3n) is 4.49. The van der Waals surface area contributed by atoms with Crippen molar-refractivity contribution in [1.82, 2.24) is 4.90 Å². The van der Waals surface area contributed by atoms with Crippen LogP contribution in [0.1, 0.15) is 23.5 Å². The van der Waals surface area contributed by atoms with Gasteiger partial charge in [-0.15, -0.1) is 0 Å². The Morgan fingerprint density at radius 2 is 2.25 bits per heavy atom. The lowest BCUT2D eigenvalue weighted by atomic mass is 9.89. The zero-order valence-electron chi connectivity index (χ0n) is 12.4. The van der Waals surface area contributed by atoms with Gasteiger partial charge in [0, 0.05) is 31.3 Å². The van der Waals surface area contributed by atoms with Gasteiger partial charge in [-0.1, -0.05) is 17.7 Å². The van der Waals surface area contributed by atoms with Gasteiger partial charge in [-0.25, -0.2) is 0 Å². The van der Waals surface area contributed by atoms with E-state index in [1.54, 1.807) is 7.11 Å². The molecule has 4 heteroatoms. The molecule has 1 aromatic rings. The fourth-order valence-electron chi connectivity index (χ4n) is 3.60. The average Bonchev–Trinajstić information content (AvgIpc) is 2.72. The number of piperidine rings is 1. The summed E-state index contributed by atoms with van der Waals surface area (Å²) in [7, 11) is 3.74. The molecule has 1 amide bonds. The first kappa shape index (κ1) is 13.6. The molecule has 0 aromatic heterocycles. The molecule has 2 atom stereocenters. The van der Waals surface area contributed by atoms with Gasteiger partial charge in [0.1, 0.15) is 6.61 Å². The lowest BCUT2D eigenvalue weighted by Crippen LogP contribution is -2.48. The summed E-state index contributed by atoms with van der Waals surface area (Å²) in [6.45, 7) is 4.34. The van der Waals surface area contributed by atoms with Crippen molar-refractivity contribution < 1.29 is 9.53 Å². The molecule has 3 rings (SSSR count). The number of rotatable bonds is 2. The number of amides is 1. The van der Waals surface area contributed by atoms with E-state index in [9.17, 15) is 4.79 Å². The highest BCUT2D eigenvalue weighted by Gasteiger charge is 2.43. The van der Waals surface area contributed by atoms with E-state index < -0.39 is 0 Å². The highest BCUT2D eigenvalue weighted by molar-refractivity contribution is 5.97. The summed E-state index contributed by atoms with van der Waals surface area (Å²) >= 11 is 0. The van der Waals surface area contributed by atoms with Gasteiger partial charge in [-0.2, -0.15) is 0 Å². The van der Waals surface area contributed by atoms with Crippen LogP contribution in [0.4, 0.5) is 5.69 Å². The maximum atomic E-state index is 12.4. The van der Waals surface area contributed by atoms with Crippen LogP contribution in [0, 0.1) is 6.92 Å². The quantitative estimate of drug-likeness (QED) is 0.824. The summed E-state index contributed by atoms with van der Waals surface area (Å²) in [6, 6.07) is 6.72. The zero-order valence-corrected chi connectivity index (χ0v) is 12.4. The number of methoxy groups -OCH3 is 1. The molecule has 20 heavy (non-hydrogen) atoms. The van der Waals surface area contributed by atoms with E-state index in [1.165, 1.54) is 11.1 Å². The second kappa shape index (κ2) is 5.19. The zero-order chi connectivity index (χ0) is 14.3. The van der Waals surface area contributed by atoms with Crippen LogP contribution in [-0.4, -0.2) is 50.7 Å². The summed E-state index contributed by atoms with van der Waals surface area (Å²) in [5.41, 5.74) is 3.67. The minimum absolute atomic E-state index is 0.0784. The molecule has 108 valence electrons. The largest absolute Gasteiger partial charge is 0.375 e. The lowest BCUT2D eigenvalue weighted by Gasteiger charge is -2.36. The third kappa shape index (κ3) is 2.13. The Balaban J connectivity index is 2.01. The van der Waals surface area contributed by atoms with Gasteiger partial charge in [0.15, 0.2) is 0 Å². The molecule has 1 fully saturated rings. The lowest BCUT2D eigenvalue weighted by molar-refractivity contribution is -0.122. The number of aryl methyl sites for hydroxylation is 1. The molecular formula is C16H22N2O2. The number of likely N-dealkylation sites (N-methyl/N-ethyl adjacent to an activating group) is 1. The van der Waals surface area contributed by atoms with E-state index >= 15 is 0 Å². The molecule has 0 spiro atoms. The number of carbonyl (C=O) groups excluding carboxylic acids is 1. The summed E-state index contributed by atoms with van der Waals surface area (Å²) in [4.78, 5) is 16.8. The van der Waals surface area contributed by atoms with Crippen LogP contribution in [0.15, 0.2) is 18.2 Å². The van der Waals surface area contributed by atoms with Gasteiger partial charge < -0.3 is 14.5 Å². The topological polar surface area (TPSA) is 32.8 Å². The Labute approximate surface area is 120 Å². The predicted molar refractivity (Wildman–Crippen MR) is 79.2 cm³/mol. The summed E-state index contributed by atoms with van der Waals surface area (Å²) < 4.78 is 5.05. The maximum absolute atomic E-state index is 12.4. The van der Waals surface area contributed by atoms with Crippen LogP contribution in [0.3, 0.4) is 0 Å². The molecule has 1 aromatic carbocycles. The fourth-order valence-corrected chi connectivity index (χ4v) is 3.60. The van der Waals surface area contributed by atoms with Gasteiger partial charge in [0.05, 0.1) is 0 Å². The van der Waals surface area contributed by atoms with E-state index in [0.29, 0.717) is 12.0 Å². The first-order valence-corrected chi connectivity index (χ1v) is 7.22. The first-order chi connectivity index (χ1) is 9.61. The molecule has 2 heterocycles. The molecule has 0 saturated carbocycles. The van der Waals surface area contributed by atoms with E-state index in [-0.39, 0.29) is 12.5 Å². The summed E-state index contributed by atoms with van der Waals surface area (Å²) in [6.07, 6.45) is 1.03. The van der Waals surface area contributed by atoms with Crippen molar-refractivity contribution in [2.45, 2.75) is 25.3 Å². The van der Waals surface area contributed by atoms with Crippen LogP contribution >= 0.6 is 0 Å². The Bertz CT molecular complexity index is 529. The minimum Gasteiger partial charge on any atom is -0.375 e. The van der Waals surface area contributed by atoms with Gasteiger partial charge >= 0.3 is 0 Å². The first-order valence-electron chi connectivity index (χ1n) is 7.22. The molecule has 0 radical (unpaired) electrons. The number of likely N-dealkylation sites (tertiary alicyclic amines) is 1. The third-order valence-corrected chi connectivity index (χ3v) is 4.49. The molecule has 1 saturated heterocycles. The monoisotopic (exact) mass is 274 g/mol. The van der Waals surface area contributed by atoms with E-state index in [2.05, 4.69) is 37.1 Å². The number of fused-ring (bicyclic) bond motifs is 3. The normalized spacial score (nSPS) is 25.4. The maximum Gasteiger partial charge on any atom is 0.253 e. The molecule has 4 nitrogen and oxygen atoms in total. The highest BCUT2D eigenvalue weighted by Crippen LogP contribution is 2.44. The molecular weight excluding hydrogens is 252 g/mol. The van der Waals surface area contributed by atoms with Gasteiger partial charge in [-0.3, -0.25) is 4.79 Å². The van der Waals surface area contributed by atoms with E-state index in [4.69, 9.17) is 4.74 Å². The Kier molecular flexibility index (Phi) is 3.52. The fraction of sp³-hybridized carbons (Fsp3) is 0.562. The standard InChI is InChI=1S/C16H22N2O2/c1-11-4-5-14-12(8-11)13-9-17(2)7-6-15(13)18(14)16(19)10-20-3/h4-5,8,13,15H,6-7,9-10H2,1-3H3/t13-,15-/m0/s1. The Hall–Kier alpha value is -1.39. The number of benzene rings is 1. The molecule has 0 aliphatic carbocycles. The Morgan fingerprint density at radius 3 is 3.00 bits per heavy atom. The van der Waals surface area contributed by atoms with Crippen LogP contribution in [0.5, 0.6) is 0 Å². The SMILES string of the molecule is COCC(=O)N1c2ccc(C)cc2[C@@H]2CN(C)CC[C@@H]21. The van der Waals surface area contributed by atoms with Crippen molar-refractivity contribution in [2.24, 2.45) is 0 Å². The molecule has 2 aliphatic rings. The summed E-state index contributed by atoms with van der Waals surface area (Å²) in [5.74, 6) is 0.513. The van der Waals surface area contributed by atoms with E-state index in [1.807, 2.05) is 4.90 Å². The van der Waals surface area contributed by atoms with Crippen molar-refractivity contribution >= 4 is 11.6 Å². The van der Waals surface area contributed by atoms with Crippen molar-refractivity contribution in [3.05, 3.63) is 29.3 Å². The number of nitrogens with zero attached hydrogens (tertiary/aromatic N) is 2. The number of ether oxygens (including phenoxy) is 1. The van der Waals surface area contributed by atoms with Crippen molar-refractivity contribution in [3.8, 4) is 0 Å². The average molecular weight is 274 g/mol.